The number of ether oxygens (including phenoxy) is 1. The average molecular weight is 602 g/mol. The van der Waals surface area contributed by atoms with Gasteiger partial charge in [-0.15, -0.1) is 0 Å². The van der Waals surface area contributed by atoms with Gasteiger partial charge in [0.25, 0.3) is 0 Å². The number of hydrogen-bond acceptors (Lipinski definition) is 9. The summed E-state index contributed by atoms with van der Waals surface area (Å²) in [5.74, 6) is -0.0124. The molecule has 0 aliphatic carbocycles. The second-order valence-electron chi connectivity index (χ2n) is 10.9. The number of methoxy groups -OCH3 is 1. The molecule has 2 aromatic carbocycles. The van der Waals surface area contributed by atoms with E-state index in [0.717, 1.165) is 58.2 Å². The second kappa shape index (κ2) is 14.2. The Bertz CT molecular complexity index is 1660. The molecule has 0 radical (unpaired) electrons. The summed E-state index contributed by atoms with van der Waals surface area (Å²) in [6.07, 6.45) is 9.46. The lowest BCUT2D eigenvalue weighted by Gasteiger charge is -2.34. The summed E-state index contributed by atoms with van der Waals surface area (Å²) in [7, 11) is 1.48. The molecule has 1 fully saturated rings. The zero-order chi connectivity index (χ0) is 31.1. The number of unbranched alkanes of at least 4 members (excludes halogenated alkanes) is 3. The first-order chi connectivity index (χ1) is 21.4. The number of amides is 1. The fraction of sp³-hybridized carbons (Fsp3) is 0.375. The fourth-order valence-electron chi connectivity index (χ4n) is 5.67. The normalized spacial score (nSPS) is 13.6. The van der Waals surface area contributed by atoms with E-state index in [0.29, 0.717) is 52.2 Å². The number of hydroxylamine groups is 1. The third kappa shape index (κ3) is 6.74. The van der Waals surface area contributed by atoms with Crippen molar-refractivity contribution in [3.8, 4) is 40.0 Å². The van der Waals surface area contributed by atoms with E-state index < -0.39 is 5.82 Å². The van der Waals surface area contributed by atoms with E-state index in [1.165, 1.54) is 19.2 Å². The standard InChI is InChI=1S/C32H36FN7O4/c1-44-27-10-9-21(19-26(27)41)29-30(22-7-8-23(20-34)25(33)18-22)37-32(40-17-14-36-31(29)40)39-15-11-24(12-16-39)35-13-5-3-2-4-6-28(42)38-43/h7-10,14,17-19,24,35,41,43H,2-6,11-13,15-16H2,1H3,(H,38,42). The molecule has 4 aromatic rings. The molecular formula is C32H36FN7O4. The SMILES string of the molecule is COc1ccc(-c2c(-c3ccc(C#N)c(F)c3)nc(N3CCC(NCCCCCCC(=O)NO)CC3)n3ccnc23)cc1O. The maximum atomic E-state index is 14.9. The van der Waals surface area contributed by atoms with Crippen LogP contribution in [0.2, 0.25) is 0 Å². The van der Waals surface area contributed by atoms with Crippen LogP contribution < -0.4 is 20.4 Å². The number of carbonyl (C=O) groups excluding carboxylic acids is 1. The lowest BCUT2D eigenvalue weighted by molar-refractivity contribution is -0.129. The maximum absolute atomic E-state index is 14.9. The minimum Gasteiger partial charge on any atom is -0.504 e. The second-order valence-corrected chi connectivity index (χ2v) is 10.9. The van der Waals surface area contributed by atoms with Gasteiger partial charge in [-0.1, -0.05) is 25.0 Å². The lowest BCUT2D eigenvalue weighted by Crippen LogP contribution is -2.43. The Hall–Kier alpha value is -4.73. The van der Waals surface area contributed by atoms with Crippen LogP contribution in [-0.2, 0) is 4.79 Å². The van der Waals surface area contributed by atoms with Crippen LogP contribution in [0.3, 0.4) is 0 Å². The number of fused-ring (bicyclic) bond motifs is 1. The van der Waals surface area contributed by atoms with Crippen LogP contribution >= 0.6 is 0 Å². The number of benzene rings is 2. The van der Waals surface area contributed by atoms with Crippen LogP contribution in [0.5, 0.6) is 11.5 Å². The van der Waals surface area contributed by atoms with Gasteiger partial charge >= 0.3 is 0 Å². The number of carbonyl (C=O) groups is 1. The number of aromatic nitrogens is 3. The molecule has 1 amide bonds. The van der Waals surface area contributed by atoms with E-state index in [9.17, 15) is 19.6 Å². The summed E-state index contributed by atoms with van der Waals surface area (Å²) in [6.45, 7) is 2.43. The number of anilines is 1. The smallest absolute Gasteiger partial charge is 0.243 e. The third-order valence-electron chi connectivity index (χ3n) is 8.03. The molecule has 1 saturated heterocycles. The first kappa shape index (κ1) is 30.7. The average Bonchev–Trinajstić information content (AvgIpc) is 3.53. The molecule has 0 bridgehead atoms. The summed E-state index contributed by atoms with van der Waals surface area (Å²) >= 11 is 0. The fourth-order valence-corrected chi connectivity index (χ4v) is 5.67. The maximum Gasteiger partial charge on any atom is 0.243 e. The molecule has 3 heterocycles. The Morgan fingerprint density at radius 2 is 1.91 bits per heavy atom. The molecular weight excluding hydrogens is 565 g/mol. The number of phenolic OH excluding ortho intramolecular Hbond substituents is 1. The zero-order valence-electron chi connectivity index (χ0n) is 24.6. The number of aromatic hydroxyl groups is 1. The van der Waals surface area contributed by atoms with Crippen molar-refractivity contribution in [2.24, 2.45) is 0 Å². The largest absolute Gasteiger partial charge is 0.504 e. The van der Waals surface area contributed by atoms with Gasteiger partial charge in [-0.2, -0.15) is 5.26 Å². The summed E-state index contributed by atoms with van der Waals surface area (Å²) < 4.78 is 22.0. The van der Waals surface area contributed by atoms with Gasteiger partial charge in [-0.3, -0.25) is 14.4 Å². The van der Waals surface area contributed by atoms with E-state index in [1.54, 1.807) is 35.9 Å². The molecule has 230 valence electrons. The summed E-state index contributed by atoms with van der Waals surface area (Å²) in [6, 6.07) is 11.7. The zero-order valence-corrected chi connectivity index (χ0v) is 24.6. The predicted octanol–water partition coefficient (Wildman–Crippen LogP) is 4.80. The molecule has 0 spiro atoms. The lowest BCUT2D eigenvalue weighted by atomic mass is 9.98. The monoisotopic (exact) mass is 601 g/mol. The number of rotatable bonds is 12. The van der Waals surface area contributed by atoms with Gasteiger partial charge in [0.2, 0.25) is 11.9 Å². The van der Waals surface area contributed by atoms with E-state index in [4.69, 9.17) is 14.9 Å². The van der Waals surface area contributed by atoms with Crippen molar-refractivity contribution in [1.82, 2.24) is 25.2 Å². The highest BCUT2D eigenvalue weighted by atomic mass is 19.1. The molecule has 2 aromatic heterocycles. The first-order valence-corrected chi connectivity index (χ1v) is 14.8. The van der Waals surface area contributed by atoms with Crippen LogP contribution in [0.4, 0.5) is 10.3 Å². The Morgan fingerprint density at radius 1 is 1.14 bits per heavy atom. The number of nitrogens with one attached hydrogen (secondary N) is 2. The number of piperidine rings is 1. The number of phenols is 1. The first-order valence-electron chi connectivity index (χ1n) is 14.8. The molecule has 44 heavy (non-hydrogen) atoms. The highest BCUT2D eigenvalue weighted by molar-refractivity contribution is 5.91. The number of halogens is 1. The minimum atomic E-state index is -0.636. The Labute approximate surface area is 254 Å². The number of imidazole rings is 1. The molecule has 5 rings (SSSR count). The molecule has 1 aliphatic rings. The molecule has 0 saturated carbocycles. The molecule has 11 nitrogen and oxygen atoms in total. The molecule has 0 unspecified atom stereocenters. The topological polar surface area (TPSA) is 148 Å². The molecule has 0 atom stereocenters. The van der Waals surface area contributed by atoms with Crippen molar-refractivity contribution in [3.63, 3.8) is 0 Å². The van der Waals surface area contributed by atoms with Crippen LogP contribution in [0.15, 0.2) is 48.8 Å². The molecule has 1 aliphatic heterocycles. The van der Waals surface area contributed by atoms with Crippen LogP contribution in [0.25, 0.3) is 28.0 Å². The number of nitriles is 1. The van der Waals surface area contributed by atoms with Crippen LogP contribution in [0, 0.1) is 17.1 Å². The minimum absolute atomic E-state index is 0.0422. The molecule has 4 N–H and O–H groups in total. The van der Waals surface area contributed by atoms with Gasteiger partial charge in [0, 0.05) is 43.5 Å². The van der Waals surface area contributed by atoms with Gasteiger partial charge in [-0.25, -0.2) is 19.8 Å². The predicted molar refractivity (Wildman–Crippen MR) is 163 cm³/mol. The van der Waals surface area contributed by atoms with Gasteiger partial charge in [-0.05, 0) is 62.1 Å². The van der Waals surface area contributed by atoms with Gasteiger partial charge in [0.1, 0.15) is 17.5 Å². The highest BCUT2D eigenvalue weighted by Gasteiger charge is 2.26. The number of nitrogens with zero attached hydrogens (tertiary/aromatic N) is 5. The summed E-state index contributed by atoms with van der Waals surface area (Å²) in [5.41, 5.74) is 4.46. The van der Waals surface area contributed by atoms with Crippen molar-refractivity contribution in [2.45, 2.75) is 51.0 Å². The van der Waals surface area contributed by atoms with Crippen molar-refractivity contribution in [3.05, 3.63) is 60.2 Å². The van der Waals surface area contributed by atoms with E-state index >= 15 is 0 Å². The highest BCUT2D eigenvalue weighted by Crippen LogP contribution is 2.40. The van der Waals surface area contributed by atoms with Crippen LogP contribution in [0.1, 0.15) is 50.5 Å². The van der Waals surface area contributed by atoms with E-state index in [2.05, 4.69) is 15.2 Å². The summed E-state index contributed by atoms with van der Waals surface area (Å²) in [4.78, 5) is 23.1. The van der Waals surface area contributed by atoms with Crippen molar-refractivity contribution in [1.29, 1.82) is 5.26 Å². The van der Waals surface area contributed by atoms with Crippen molar-refractivity contribution >= 4 is 17.5 Å². The van der Waals surface area contributed by atoms with Crippen molar-refractivity contribution in [2.75, 3.05) is 31.6 Å². The van der Waals surface area contributed by atoms with E-state index in [1.807, 2.05) is 16.7 Å². The summed E-state index contributed by atoms with van der Waals surface area (Å²) in [5, 5.41) is 32.1. The van der Waals surface area contributed by atoms with Crippen molar-refractivity contribution < 1.29 is 24.2 Å². The van der Waals surface area contributed by atoms with Gasteiger partial charge in [0.15, 0.2) is 11.5 Å². The Morgan fingerprint density at radius 3 is 2.61 bits per heavy atom. The Kier molecular flexibility index (Phi) is 9.89. The van der Waals surface area contributed by atoms with Gasteiger partial charge in [0.05, 0.1) is 23.9 Å². The van der Waals surface area contributed by atoms with Crippen LogP contribution in [-0.4, -0.2) is 63.4 Å². The Balaban J connectivity index is 1.37. The quantitative estimate of drug-likeness (QED) is 0.102. The number of hydrogen-bond donors (Lipinski definition) is 4. The van der Waals surface area contributed by atoms with Gasteiger partial charge < -0.3 is 20.1 Å². The van der Waals surface area contributed by atoms with E-state index in [-0.39, 0.29) is 17.2 Å². The third-order valence-corrected chi connectivity index (χ3v) is 8.03. The molecule has 12 heteroatoms.